The summed E-state index contributed by atoms with van der Waals surface area (Å²) in [6, 6.07) is 7.06. The van der Waals surface area contributed by atoms with Crippen LogP contribution >= 0.6 is 34.8 Å². The van der Waals surface area contributed by atoms with E-state index < -0.39 is 0 Å². The molecule has 1 nitrogen and oxygen atoms in total. The molecule has 0 amide bonds. The van der Waals surface area contributed by atoms with Gasteiger partial charge in [-0.2, -0.15) is 0 Å². The van der Waals surface area contributed by atoms with Gasteiger partial charge in [0.2, 0.25) is 0 Å². The fourth-order valence-electron chi connectivity index (χ4n) is 0.732. The first-order valence-corrected chi connectivity index (χ1v) is 4.71. The Morgan fingerprint density at radius 3 is 2.38 bits per heavy atom. The SMILES string of the molecule is ClC(Cl)=CCOc1ccc(Cl)cc1. The predicted octanol–water partition coefficient (Wildman–Crippen LogP) is 4.04. The first-order chi connectivity index (χ1) is 6.18. The smallest absolute Gasteiger partial charge is 0.119 e. The Labute approximate surface area is 91.9 Å². The van der Waals surface area contributed by atoms with Gasteiger partial charge in [-0.15, -0.1) is 0 Å². The van der Waals surface area contributed by atoms with E-state index >= 15 is 0 Å². The van der Waals surface area contributed by atoms with Crippen molar-refractivity contribution in [2.75, 3.05) is 6.61 Å². The highest BCUT2D eigenvalue weighted by atomic mass is 35.5. The lowest BCUT2D eigenvalue weighted by atomic mass is 10.3. The van der Waals surface area contributed by atoms with Crippen LogP contribution < -0.4 is 4.74 Å². The number of hydrogen-bond acceptors (Lipinski definition) is 1. The average Bonchev–Trinajstić information content (AvgIpc) is 2.08. The molecule has 0 heterocycles. The highest BCUT2D eigenvalue weighted by Crippen LogP contribution is 2.15. The molecule has 0 aliphatic carbocycles. The lowest BCUT2D eigenvalue weighted by Gasteiger charge is -2.01. The monoisotopic (exact) mass is 236 g/mol. The number of benzene rings is 1. The summed E-state index contributed by atoms with van der Waals surface area (Å²) in [4.78, 5) is 0. The van der Waals surface area contributed by atoms with E-state index in [0.29, 0.717) is 11.6 Å². The summed E-state index contributed by atoms with van der Waals surface area (Å²) >= 11 is 16.5. The van der Waals surface area contributed by atoms with Crippen molar-refractivity contribution < 1.29 is 4.74 Å². The van der Waals surface area contributed by atoms with Crippen molar-refractivity contribution in [3.63, 3.8) is 0 Å². The maximum atomic E-state index is 5.69. The molecular weight excluding hydrogens is 230 g/mol. The zero-order valence-electron chi connectivity index (χ0n) is 6.64. The Kier molecular flexibility index (Phi) is 4.43. The Morgan fingerprint density at radius 1 is 1.23 bits per heavy atom. The Balaban J connectivity index is 2.46. The Bertz CT molecular complexity index is 288. The third-order valence-corrected chi connectivity index (χ3v) is 1.86. The van der Waals surface area contributed by atoms with Crippen LogP contribution in [0.15, 0.2) is 34.8 Å². The zero-order valence-corrected chi connectivity index (χ0v) is 8.90. The first-order valence-electron chi connectivity index (χ1n) is 3.58. The van der Waals surface area contributed by atoms with Crippen LogP contribution in [0.5, 0.6) is 5.75 Å². The van der Waals surface area contributed by atoms with Crippen molar-refractivity contribution in [2.24, 2.45) is 0 Å². The van der Waals surface area contributed by atoms with E-state index in [2.05, 4.69) is 0 Å². The van der Waals surface area contributed by atoms with Crippen LogP contribution in [0.3, 0.4) is 0 Å². The van der Waals surface area contributed by atoms with Gasteiger partial charge in [0.25, 0.3) is 0 Å². The van der Waals surface area contributed by atoms with Gasteiger partial charge in [-0.1, -0.05) is 34.8 Å². The molecule has 0 N–H and O–H groups in total. The zero-order chi connectivity index (χ0) is 9.68. The summed E-state index contributed by atoms with van der Waals surface area (Å²) < 4.78 is 5.47. The summed E-state index contributed by atoms with van der Waals surface area (Å²) in [7, 11) is 0. The maximum Gasteiger partial charge on any atom is 0.119 e. The quantitative estimate of drug-likeness (QED) is 0.771. The summed E-state index contributed by atoms with van der Waals surface area (Å²) in [5.41, 5.74) is 0. The molecule has 0 aromatic heterocycles. The van der Waals surface area contributed by atoms with Crippen LogP contribution in [0.4, 0.5) is 0 Å². The normalized spacial score (nSPS) is 9.46. The Morgan fingerprint density at radius 2 is 1.85 bits per heavy atom. The molecule has 0 unspecified atom stereocenters. The molecule has 70 valence electrons. The van der Waals surface area contributed by atoms with Gasteiger partial charge in [-0.3, -0.25) is 0 Å². The van der Waals surface area contributed by atoms with Gasteiger partial charge in [0.05, 0.1) is 0 Å². The molecule has 0 bridgehead atoms. The van der Waals surface area contributed by atoms with E-state index in [1.54, 1.807) is 30.3 Å². The molecule has 1 rings (SSSR count). The van der Waals surface area contributed by atoms with E-state index in [1.807, 2.05) is 0 Å². The van der Waals surface area contributed by atoms with Gasteiger partial charge in [0.1, 0.15) is 16.8 Å². The number of halogens is 3. The minimum atomic E-state index is 0.203. The van der Waals surface area contributed by atoms with Crippen molar-refractivity contribution in [3.8, 4) is 5.75 Å². The topological polar surface area (TPSA) is 9.23 Å². The van der Waals surface area contributed by atoms with Crippen molar-refractivity contribution in [3.05, 3.63) is 39.9 Å². The fraction of sp³-hybridized carbons (Fsp3) is 0.111. The maximum absolute atomic E-state index is 5.69. The molecule has 0 radical (unpaired) electrons. The molecule has 0 aliphatic heterocycles. The standard InChI is InChI=1S/C9H7Cl3O/c10-7-1-3-8(4-2-7)13-6-5-9(11)12/h1-5H,6H2. The molecule has 0 aliphatic rings. The summed E-state index contributed by atoms with van der Waals surface area (Å²) in [6.45, 7) is 0.351. The molecule has 13 heavy (non-hydrogen) atoms. The molecule has 0 atom stereocenters. The van der Waals surface area contributed by atoms with E-state index in [9.17, 15) is 0 Å². The minimum Gasteiger partial charge on any atom is -0.489 e. The second kappa shape index (κ2) is 5.38. The third-order valence-electron chi connectivity index (χ3n) is 1.30. The van der Waals surface area contributed by atoms with Crippen molar-refractivity contribution in [1.29, 1.82) is 0 Å². The van der Waals surface area contributed by atoms with Gasteiger partial charge in [-0.25, -0.2) is 0 Å². The van der Waals surface area contributed by atoms with Crippen LogP contribution in [0.2, 0.25) is 5.02 Å². The van der Waals surface area contributed by atoms with Crippen LogP contribution in [0, 0.1) is 0 Å². The third kappa shape index (κ3) is 4.41. The van der Waals surface area contributed by atoms with Crippen molar-refractivity contribution in [2.45, 2.75) is 0 Å². The number of rotatable bonds is 3. The molecule has 4 heteroatoms. The largest absolute Gasteiger partial charge is 0.489 e. The van der Waals surface area contributed by atoms with Crippen molar-refractivity contribution in [1.82, 2.24) is 0 Å². The molecule has 0 saturated carbocycles. The van der Waals surface area contributed by atoms with Crippen LogP contribution in [0.25, 0.3) is 0 Å². The van der Waals surface area contributed by atoms with Crippen molar-refractivity contribution >= 4 is 34.8 Å². The summed E-state index contributed by atoms with van der Waals surface area (Å²) in [5.74, 6) is 0.732. The van der Waals surface area contributed by atoms with E-state index in [4.69, 9.17) is 39.5 Å². The molecular formula is C9H7Cl3O. The van der Waals surface area contributed by atoms with E-state index in [1.165, 1.54) is 0 Å². The highest BCUT2D eigenvalue weighted by Gasteiger charge is 1.91. The Hall–Kier alpha value is -0.370. The first kappa shape index (κ1) is 10.7. The lowest BCUT2D eigenvalue weighted by molar-refractivity contribution is 0.363. The highest BCUT2D eigenvalue weighted by molar-refractivity contribution is 6.55. The molecule has 1 aromatic rings. The van der Waals surface area contributed by atoms with Gasteiger partial charge < -0.3 is 4.74 Å². The molecule has 0 spiro atoms. The van der Waals surface area contributed by atoms with Gasteiger partial charge in [0.15, 0.2) is 0 Å². The number of ether oxygens (including phenoxy) is 1. The van der Waals surface area contributed by atoms with Crippen LogP contribution in [-0.4, -0.2) is 6.61 Å². The van der Waals surface area contributed by atoms with Crippen LogP contribution in [-0.2, 0) is 0 Å². The number of hydrogen-bond donors (Lipinski definition) is 0. The molecule has 0 saturated heterocycles. The van der Waals surface area contributed by atoms with E-state index in [-0.39, 0.29) is 4.49 Å². The second-order valence-electron chi connectivity index (χ2n) is 2.26. The second-order valence-corrected chi connectivity index (χ2v) is 3.70. The molecule has 0 fully saturated rings. The predicted molar refractivity (Wildman–Crippen MR) is 56.7 cm³/mol. The van der Waals surface area contributed by atoms with E-state index in [0.717, 1.165) is 5.75 Å². The minimum absolute atomic E-state index is 0.203. The molecule has 1 aromatic carbocycles. The van der Waals surface area contributed by atoms with Gasteiger partial charge in [0, 0.05) is 5.02 Å². The summed E-state index contributed by atoms with van der Waals surface area (Å²) in [5, 5.41) is 0.679. The van der Waals surface area contributed by atoms with Crippen LogP contribution in [0.1, 0.15) is 0 Å². The average molecular weight is 238 g/mol. The lowest BCUT2D eigenvalue weighted by Crippen LogP contribution is -1.92. The van der Waals surface area contributed by atoms with Gasteiger partial charge >= 0.3 is 0 Å². The fourth-order valence-corrected chi connectivity index (χ4v) is 0.984. The van der Waals surface area contributed by atoms with Gasteiger partial charge in [-0.05, 0) is 30.3 Å². The summed E-state index contributed by atoms with van der Waals surface area (Å²) in [6.07, 6.45) is 1.57.